The Bertz CT molecular complexity index is 2910. The van der Waals surface area contributed by atoms with Gasteiger partial charge in [-0.1, -0.05) is 158 Å². The Morgan fingerprint density at radius 1 is 0.367 bits per heavy atom. The van der Waals surface area contributed by atoms with Gasteiger partial charge in [-0.25, -0.2) is 0 Å². The highest BCUT2D eigenvalue weighted by atomic mass is 16.6. The van der Waals surface area contributed by atoms with Gasteiger partial charge < -0.3 is 0 Å². The van der Waals surface area contributed by atoms with Crippen molar-refractivity contribution in [2.75, 3.05) is 0 Å². The lowest BCUT2D eigenvalue weighted by molar-refractivity contribution is -0.385. The fourth-order valence-electron chi connectivity index (χ4n) is 7.14. The molecule has 0 aromatic heterocycles. The molecule has 0 atom stereocenters. The van der Waals surface area contributed by atoms with Crippen LogP contribution in [0.2, 0.25) is 0 Å². The van der Waals surface area contributed by atoms with Crippen molar-refractivity contribution in [3.05, 3.63) is 270 Å². The van der Waals surface area contributed by atoms with Gasteiger partial charge in [0.1, 0.15) is 0 Å². The third-order valence-corrected chi connectivity index (χ3v) is 10.3. The standard InChI is InChI=1S/C54H38N2O4/c57-55(58)50-31-27-46(28-32-50)53(44-9-3-1-4-10-44)37-41-20-15-39(16-21-41)19-24-43-35-48-13-7-8-14-52(48)49(36-43)26-25-40-17-22-42(23-18-40)38-54(45-11-5-2-6-12-45)47-29-33-51(34-30-47)56(59)60/h1-38H/b24-19-,26-25-,53-37-,54-38-. The van der Waals surface area contributed by atoms with E-state index in [2.05, 4.69) is 121 Å². The number of hydrogen-bond donors (Lipinski definition) is 0. The van der Waals surface area contributed by atoms with Gasteiger partial charge in [0.15, 0.2) is 0 Å². The van der Waals surface area contributed by atoms with E-state index in [0.29, 0.717) is 0 Å². The summed E-state index contributed by atoms with van der Waals surface area (Å²) < 4.78 is 0. The molecule has 288 valence electrons. The molecule has 0 radical (unpaired) electrons. The van der Waals surface area contributed by atoms with E-state index in [1.807, 2.05) is 60.7 Å². The topological polar surface area (TPSA) is 86.3 Å². The van der Waals surface area contributed by atoms with Crippen LogP contribution in [0, 0.1) is 20.2 Å². The second-order valence-corrected chi connectivity index (χ2v) is 14.3. The average Bonchev–Trinajstić information content (AvgIpc) is 3.30. The van der Waals surface area contributed by atoms with Gasteiger partial charge in [0, 0.05) is 24.3 Å². The first-order valence-corrected chi connectivity index (χ1v) is 19.5. The Morgan fingerprint density at radius 3 is 1.22 bits per heavy atom. The first-order chi connectivity index (χ1) is 29.4. The van der Waals surface area contributed by atoms with Crippen LogP contribution in [-0.4, -0.2) is 9.85 Å². The van der Waals surface area contributed by atoms with Crippen LogP contribution in [-0.2, 0) is 0 Å². The fourth-order valence-corrected chi connectivity index (χ4v) is 7.14. The largest absolute Gasteiger partial charge is 0.269 e. The predicted molar refractivity (Wildman–Crippen MR) is 248 cm³/mol. The molecule has 0 N–H and O–H groups in total. The molecule has 6 heteroatoms. The van der Waals surface area contributed by atoms with Crippen LogP contribution in [0.5, 0.6) is 0 Å². The molecule has 0 saturated carbocycles. The van der Waals surface area contributed by atoms with Gasteiger partial charge in [-0.15, -0.1) is 0 Å². The highest BCUT2D eigenvalue weighted by molar-refractivity contribution is 5.96. The molecule has 0 aliphatic carbocycles. The molecule has 0 fully saturated rings. The molecule has 60 heavy (non-hydrogen) atoms. The van der Waals surface area contributed by atoms with Crippen molar-refractivity contribution >= 4 is 69.7 Å². The van der Waals surface area contributed by atoms with Crippen LogP contribution in [0.3, 0.4) is 0 Å². The minimum Gasteiger partial charge on any atom is -0.258 e. The van der Waals surface area contributed by atoms with Gasteiger partial charge in [-0.2, -0.15) is 0 Å². The van der Waals surface area contributed by atoms with Crippen LogP contribution >= 0.6 is 0 Å². The fraction of sp³-hybridized carbons (Fsp3) is 0. The van der Waals surface area contributed by atoms with Gasteiger partial charge >= 0.3 is 0 Å². The summed E-state index contributed by atoms with van der Waals surface area (Å²) in [5.41, 5.74) is 12.3. The molecule has 0 spiro atoms. The number of nitro benzene ring substituents is 2. The number of nitro groups is 2. The number of non-ortho nitro benzene ring substituents is 2. The van der Waals surface area contributed by atoms with Gasteiger partial charge in [0.05, 0.1) is 9.85 Å². The summed E-state index contributed by atoms with van der Waals surface area (Å²) in [6, 6.07) is 63.0. The number of rotatable bonds is 12. The smallest absolute Gasteiger partial charge is 0.258 e. The Morgan fingerprint density at radius 2 is 0.750 bits per heavy atom. The van der Waals surface area contributed by atoms with Gasteiger partial charge in [-0.3, -0.25) is 20.2 Å². The van der Waals surface area contributed by atoms with E-state index in [1.54, 1.807) is 48.5 Å². The van der Waals surface area contributed by atoms with Crippen molar-refractivity contribution in [1.82, 2.24) is 0 Å². The summed E-state index contributed by atoms with van der Waals surface area (Å²) >= 11 is 0. The molecule has 0 aliphatic rings. The Labute approximate surface area is 348 Å². The predicted octanol–water partition coefficient (Wildman–Crippen LogP) is 14.2. The second-order valence-electron chi connectivity index (χ2n) is 14.3. The molecule has 0 heterocycles. The SMILES string of the molecule is O=[N+]([O-])c1ccc(/C(=C\c2ccc(/C=C\c3cc(/C=C\c4ccc(/C=C(/c5ccccc5)c5ccc([N+](=O)[O-])cc5)cc4)c4ccccc4c3)cc2)c2ccccc2)cc1. The van der Waals surface area contributed by atoms with Crippen molar-refractivity contribution in [2.24, 2.45) is 0 Å². The summed E-state index contributed by atoms with van der Waals surface area (Å²) in [6.07, 6.45) is 12.8. The van der Waals surface area contributed by atoms with E-state index in [4.69, 9.17) is 0 Å². The van der Waals surface area contributed by atoms with Crippen LogP contribution in [0.1, 0.15) is 55.6 Å². The minimum absolute atomic E-state index is 0.0637. The van der Waals surface area contributed by atoms with Crippen molar-refractivity contribution in [1.29, 1.82) is 0 Å². The maximum Gasteiger partial charge on any atom is 0.269 e. The van der Waals surface area contributed by atoms with Crippen molar-refractivity contribution in [3.8, 4) is 0 Å². The molecule has 0 saturated heterocycles. The van der Waals surface area contributed by atoms with E-state index in [1.165, 1.54) is 5.39 Å². The van der Waals surface area contributed by atoms with Crippen LogP contribution in [0.15, 0.2) is 194 Å². The summed E-state index contributed by atoms with van der Waals surface area (Å²) in [5.74, 6) is 0. The zero-order valence-electron chi connectivity index (χ0n) is 32.5. The third-order valence-electron chi connectivity index (χ3n) is 10.3. The normalized spacial score (nSPS) is 12.0. The first-order valence-electron chi connectivity index (χ1n) is 19.5. The zero-order valence-corrected chi connectivity index (χ0v) is 32.5. The molecular weight excluding hydrogens is 741 g/mol. The summed E-state index contributed by atoms with van der Waals surface area (Å²) in [7, 11) is 0. The molecule has 8 aromatic carbocycles. The van der Waals surface area contributed by atoms with E-state index >= 15 is 0 Å². The van der Waals surface area contributed by atoms with Crippen LogP contribution in [0.4, 0.5) is 11.4 Å². The number of nitrogens with zero attached hydrogens (tertiary/aromatic N) is 2. The van der Waals surface area contributed by atoms with Crippen molar-refractivity contribution in [3.63, 3.8) is 0 Å². The quantitative estimate of drug-likeness (QED) is 0.0702. The van der Waals surface area contributed by atoms with Crippen LogP contribution < -0.4 is 0 Å². The number of benzene rings is 8. The minimum atomic E-state index is -0.381. The number of fused-ring (bicyclic) bond motifs is 1. The van der Waals surface area contributed by atoms with Crippen LogP contribution in [0.25, 0.3) is 58.4 Å². The van der Waals surface area contributed by atoms with Gasteiger partial charge in [0.25, 0.3) is 11.4 Å². The van der Waals surface area contributed by atoms with E-state index < -0.39 is 0 Å². The van der Waals surface area contributed by atoms with Crippen molar-refractivity contribution < 1.29 is 9.85 Å². The summed E-state index contributed by atoms with van der Waals surface area (Å²) in [6.45, 7) is 0. The third kappa shape index (κ3) is 9.31. The Kier molecular flexibility index (Phi) is 11.5. The summed E-state index contributed by atoms with van der Waals surface area (Å²) in [4.78, 5) is 21.8. The molecule has 0 unspecified atom stereocenters. The number of hydrogen-bond acceptors (Lipinski definition) is 4. The maximum atomic E-state index is 11.3. The highest BCUT2D eigenvalue weighted by Crippen LogP contribution is 2.30. The molecule has 6 nitrogen and oxygen atoms in total. The lowest BCUT2D eigenvalue weighted by Crippen LogP contribution is -1.91. The first kappa shape index (κ1) is 38.6. The van der Waals surface area contributed by atoms with Gasteiger partial charge in [0.2, 0.25) is 0 Å². The van der Waals surface area contributed by atoms with Crippen molar-refractivity contribution in [2.45, 2.75) is 0 Å². The summed E-state index contributed by atoms with van der Waals surface area (Å²) in [5, 5.41) is 24.9. The molecular formula is C54H38N2O4. The van der Waals surface area contributed by atoms with E-state index in [0.717, 1.165) is 72.2 Å². The molecule has 0 aliphatic heterocycles. The highest BCUT2D eigenvalue weighted by Gasteiger charge is 2.11. The lowest BCUT2D eigenvalue weighted by atomic mass is 9.95. The molecule has 8 aromatic rings. The lowest BCUT2D eigenvalue weighted by Gasteiger charge is -2.09. The van der Waals surface area contributed by atoms with E-state index in [9.17, 15) is 20.2 Å². The Hall–Kier alpha value is -8.22. The Balaban J connectivity index is 1.02. The average molecular weight is 779 g/mol. The zero-order chi connectivity index (χ0) is 41.3. The second kappa shape index (κ2) is 17.9. The monoisotopic (exact) mass is 778 g/mol. The molecule has 0 amide bonds. The molecule has 0 bridgehead atoms. The maximum absolute atomic E-state index is 11.3. The van der Waals surface area contributed by atoms with E-state index in [-0.39, 0.29) is 21.2 Å². The molecule has 8 rings (SSSR count). The van der Waals surface area contributed by atoms with Gasteiger partial charge in [-0.05, 0) is 126 Å².